The summed E-state index contributed by atoms with van der Waals surface area (Å²) in [5.74, 6) is -0.711. The molecule has 0 radical (unpaired) electrons. The van der Waals surface area contributed by atoms with Gasteiger partial charge in [-0.3, -0.25) is 4.79 Å². The number of hydrogen-bond acceptors (Lipinski definition) is 1. The summed E-state index contributed by atoms with van der Waals surface area (Å²) in [5.41, 5.74) is 0. The summed E-state index contributed by atoms with van der Waals surface area (Å²) >= 11 is 0. The largest absolute Gasteiger partial charge is 2.00 e. The maximum Gasteiger partial charge on any atom is 2.00 e. The van der Waals surface area contributed by atoms with Crippen molar-refractivity contribution in [1.82, 2.24) is 0 Å². The normalized spacial score (nSPS) is 7.00. The number of hydrogen-bond donors (Lipinski definition) is 1. The molecule has 7 heavy (non-hydrogen) atoms. The van der Waals surface area contributed by atoms with Gasteiger partial charge in [0.25, 0.3) is 0 Å². The van der Waals surface area contributed by atoms with Gasteiger partial charge in [0.1, 0.15) is 0 Å². The first-order valence-electron chi connectivity index (χ1n) is 1.99. The summed E-state index contributed by atoms with van der Waals surface area (Å²) in [6.45, 7) is 1.84. The Kier molecular flexibility index (Phi) is 8.84. The van der Waals surface area contributed by atoms with Gasteiger partial charge in [-0.2, -0.15) is 0 Å². The molecule has 0 spiro atoms. The molecular formula is C4H8O2Zn+2. The molecule has 0 saturated heterocycles. The first-order chi connectivity index (χ1) is 2.77. The monoisotopic (exact) mass is 152 g/mol. The van der Waals surface area contributed by atoms with Crippen LogP contribution >= 0.6 is 0 Å². The molecule has 0 saturated carbocycles. The molecule has 0 atom stereocenters. The van der Waals surface area contributed by atoms with Crippen molar-refractivity contribution in [3.05, 3.63) is 0 Å². The maximum atomic E-state index is 9.60. The first kappa shape index (κ1) is 10.2. The second kappa shape index (κ2) is 6.09. The number of rotatable bonds is 2. The second-order valence-electron chi connectivity index (χ2n) is 1.14. The van der Waals surface area contributed by atoms with Crippen LogP contribution in [-0.4, -0.2) is 11.1 Å². The van der Waals surface area contributed by atoms with E-state index in [0.29, 0.717) is 6.42 Å². The van der Waals surface area contributed by atoms with Gasteiger partial charge in [0.2, 0.25) is 0 Å². The van der Waals surface area contributed by atoms with Crippen LogP contribution in [-0.2, 0) is 24.3 Å². The van der Waals surface area contributed by atoms with Crippen LogP contribution in [0.5, 0.6) is 0 Å². The van der Waals surface area contributed by atoms with E-state index in [2.05, 4.69) is 0 Å². The molecule has 0 aliphatic carbocycles. The Hall–Kier alpha value is 0.0934. The average molecular weight is 153 g/mol. The predicted molar refractivity (Wildman–Crippen MR) is 22.5 cm³/mol. The molecule has 0 bridgehead atoms. The Balaban J connectivity index is 0. The Labute approximate surface area is 55.7 Å². The van der Waals surface area contributed by atoms with Gasteiger partial charge < -0.3 is 5.11 Å². The minimum Gasteiger partial charge on any atom is -0.481 e. The smallest absolute Gasteiger partial charge is 0.481 e. The molecule has 0 aromatic rings. The van der Waals surface area contributed by atoms with Gasteiger partial charge in [-0.1, -0.05) is 6.92 Å². The van der Waals surface area contributed by atoms with Gasteiger partial charge in [0, 0.05) is 6.42 Å². The van der Waals surface area contributed by atoms with E-state index in [-0.39, 0.29) is 19.5 Å². The van der Waals surface area contributed by atoms with Crippen LogP contribution < -0.4 is 0 Å². The predicted octanol–water partition coefficient (Wildman–Crippen LogP) is 0.869. The fourth-order valence-electron chi connectivity index (χ4n) is 0.214. The molecule has 2 nitrogen and oxygen atoms in total. The molecule has 36 valence electrons. The molecule has 3 heteroatoms. The summed E-state index contributed by atoms with van der Waals surface area (Å²) < 4.78 is 0. The van der Waals surface area contributed by atoms with Gasteiger partial charge in [-0.15, -0.1) is 0 Å². The Morgan fingerprint density at radius 1 is 1.71 bits per heavy atom. The summed E-state index contributed by atoms with van der Waals surface area (Å²) in [5, 5.41) is 7.91. The molecule has 0 fully saturated rings. The van der Waals surface area contributed by atoms with Crippen LogP contribution in [0.1, 0.15) is 19.8 Å². The third-order valence-corrected chi connectivity index (χ3v) is 0.464. The minimum atomic E-state index is -0.711. The van der Waals surface area contributed by atoms with Crippen LogP contribution in [0.4, 0.5) is 0 Å². The standard InChI is InChI=1S/C4H8O2.Zn/c1-2-3-4(5)6;/h2-3H2,1H3,(H,5,6);/q;+2. The van der Waals surface area contributed by atoms with Crippen molar-refractivity contribution in [1.29, 1.82) is 0 Å². The van der Waals surface area contributed by atoms with E-state index in [1.807, 2.05) is 6.92 Å². The zero-order valence-electron chi connectivity index (χ0n) is 4.48. The maximum absolute atomic E-state index is 9.60. The Bertz CT molecular complexity index is 53.7. The van der Waals surface area contributed by atoms with E-state index in [9.17, 15) is 4.79 Å². The third kappa shape index (κ3) is 10.7. The fraction of sp³-hybridized carbons (Fsp3) is 0.750. The quantitative estimate of drug-likeness (QED) is 0.598. The van der Waals surface area contributed by atoms with Crippen LogP contribution in [0.3, 0.4) is 0 Å². The fourth-order valence-corrected chi connectivity index (χ4v) is 0.214. The number of carboxylic acid groups (broad SMARTS) is 1. The van der Waals surface area contributed by atoms with E-state index in [0.717, 1.165) is 6.42 Å². The Morgan fingerprint density at radius 3 is 2.14 bits per heavy atom. The third-order valence-electron chi connectivity index (χ3n) is 0.464. The second-order valence-corrected chi connectivity index (χ2v) is 1.14. The summed E-state index contributed by atoms with van der Waals surface area (Å²) in [6.07, 6.45) is 1.02. The van der Waals surface area contributed by atoms with E-state index in [4.69, 9.17) is 5.11 Å². The van der Waals surface area contributed by atoms with Gasteiger partial charge in [0.05, 0.1) is 0 Å². The average Bonchev–Trinajstić information content (AvgIpc) is 1.35. The van der Waals surface area contributed by atoms with E-state index >= 15 is 0 Å². The molecular weight excluding hydrogens is 145 g/mol. The summed E-state index contributed by atoms with van der Waals surface area (Å²) in [4.78, 5) is 9.60. The molecule has 0 aliphatic heterocycles. The summed E-state index contributed by atoms with van der Waals surface area (Å²) in [6, 6.07) is 0. The zero-order chi connectivity index (χ0) is 4.99. The molecule has 0 heterocycles. The van der Waals surface area contributed by atoms with E-state index < -0.39 is 5.97 Å². The molecule has 1 N–H and O–H groups in total. The van der Waals surface area contributed by atoms with E-state index in [1.165, 1.54) is 0 Å². The molecule has 0 aliphatic rings. The zero-order valence-corrected chi connectivity index (χ0v) is 7.44. The van der Waals surface area contributed by atoms with Crippen LogP contribution in [0.25, 0.3) is 0 Å². The van der Waals surface area contributed by atoms with Gasteiger partial charge in [0.15, 0.2) is 0 Å². The number of carboxylic acids is 1. The first-order valence-corrected chi connectivity index (χ1v) is 1.99. The van der Waals surface area contributed by atoms with Crippen molar-refractivity contribution in [2.24, 2.45) is 0 Å². The van der Waals surface area contributed by atoms with E-state index in [1.54, 1.807) is 0 Å². The van der Waals surface area contributed by atoms with Crippen LogP contribution in [0, 0.1) is 0 Å². The molecule has 0 aromatic heterocycles. The number of carbonyl (C=O) groups is 1. The molecule has 0 amide bonds. The number of aliphatic carboxylic acids is 1. The minimum absolute atomic E-state index is 0. The van der Waals surface area contributed by atoms with Crippen LogP contribution in [0.15, 0.2) is 0 Å². The van der Waals surface area contributed by atoms with Crippen molar-refractivity contribution in [2.75, 3.05) is 0 Å². The van der Waals surface area contributed by atoms with Crippen molar-refractivity contribution in [3.8, 4) is 0 Å². The van der Waals surface area contributed by atoms with Gasteiger partial charge >= 0.3 is 25.4 Å². The SMILES string of the molecule is CCCC(=O)O.[Zn+2]. The van der Waals surface area contributed by atoms with Crippen molar-refractivity contribution in [2.45, 2.75) is 19.8 Å². The van der Waals surface area contributed by atoms with Crippen LogP contribution in [0.2, 0.25) is 0 Å². The molecule has 0 rings (SSSR count). The molecule has 0 aromatic carbocycles. The van der Waals surface area contributed by atoms with Gasteiger partial charge in [-0.05, 0) is 6.42 Å². The Morgan fingerprint density at radius 2 is 2.14 bits per heavy atom. The van der Waals surface area contributed by atoms with Crippen molar-refractivity contribution in [3.63, 3.8) is 0 Å². The van der Waals surface area contributed by atoms with Crippen molar-refractivity contribution < 1.29 is 29.4 Å². The molecule has 0 unspecified atom stereocenters. The topological polar surface area (TPSA) is 37.3 Å². The van der Waals surface area contributed by atoms with Crippen molar-refractivity contribution >= 4 is 5.97 Å². The summed E-state index contributed by atoms with van der Waals surface area (Å²) in [7, 11) is 0. The van der Waals surface area contributed by atoms with Gasteiger partial charge in [-0.25, -0.2) is 0 Å².